The summed E-state index contributed by atoms with van der Waals surface area (Å²) in [4.78, 5) is 2.37. The van der Waals surface area contributed by atoms with Gasteiger partial charge in [0.25, 0.3) is 10.0 Å². The predicted octanol–water partition coefficient (Wildman–Crippen LogP) is 3.31. The van der Waals surface area contributed by atoms with Gasteiger partial charge in [-0.25, -0.2) is 17.5 Å². The Balaban J connectivity index is 1.53. The first kappa shape index (κ1) is 24.5. The second-order valence-corrected chi connectivity index (χ2v) is 11.7. The zero-order valence-electron chi connectivity index (χ0n) is 20.8. The van der Waals surface area contributed by atoms with Gasteiger partial charge in [-0.1, -0.05) is 19.1 Å². The van der Waals surface area contributed by atoms with Gasteiger partial charge in [-0.15, -0.1) is 5.10 Å². The van der Waals surface area contributed by atoms with E-state index in [1.54, 1.807) is 30.1 Å². The molecule has 0 spiro atoms. The van der Waals surface area contributed by atoms with Gasteiger partial charge >= 0.3 is 0 Å². The van der Waals surface area contributed by atoms with Crippen LogP contribution in [0.4, 0.5) is 4.39 Å². The van der Waals surface area contributed by atoms with E-state index in [-0.39, 0.29) is 16.9 Å². The predicted molar refractivity (Wildman–Crippen MR) is 135 cm³/mol. The molecule has 0 bridgehead atoms. The van der Waals surface area contributed by atoms with E-state index in [0.717, 1.165) is 34.3 Å². The van der Waals surface area contributed by atoms with Gasteiger partial charge in [0.15, 0.2) is 0 Å². The van der Waals surface area contributed by atoms with E-state index in [4.69, 9.17) is 0 Å². The molecule has 36 heavy (non-hydrogen) atoms. The Morgan fingerprint density at radius 1 is 1.14 bits per heavy atom. The van der Waals surface area contributed by atoms with Crippen molar-refractivity contribution in [2.24, 2.45) is 13.0 Å². The number of piperazine rings is 1. The molecule has 1 atom stereocenters. The number of halogens is 1. The van der Waals surface area contributed by atoms with Crippen LogP contribution in [0.25, 0.3) is 16.6 Å². The molecule has 3 heterocycles. The average Bonchev–Trinajstić information content (AvgIpc) is 3.45. The van der Waals surface area contributed by atoms with Crippen LogP contribution in [-0.4, -0.2) is 68.6 Å². The molecule has 190 valence electrons. The van der Waals surface area contributed by atoms with Gasteiger partial charge in [0, 0.05) is 44.7 Å². The van der Waals surface area contributed by atoms with E-state index in [0.29, 0.717) is 25.6 Å². The molecule has 0 aliphatic carbocycles. The molecule has 0 unspecified atom stereocenters. The fraction of sp³-hybridized carbons (Fsp3) is 0.400. The smallest absolute Gasteiger partial charge is 0.264 e. The molecule has 1 aliphatic heterocycles. The van der Waals surface area contributed by atoms with Crippen LogP contribution in [-0.2, 0) is 17.1 Å². The molecule has 11 heteroatoms. The lowest BCUT2D eigenvalue weighted by molar-refractivity contribution is 0.105. The molecule has 1 aliphatic rings. The lowest BCUT2D eigenvalue weighted by Gasteiger charge is -2.42. The van der Waals surface area contributed by atoms with Gasteiger partial charge in [0.05, 0.1) is 23.6 Å². The van der Waals surface area contributed by atoms with Crippen molar-refractivity contribution < 1.29 is 12.8 Å². The number of aromatic nitrogens is 5. The van der Waals surface area contributed by atoms with Crippen LogP contribution in [0.5, 0.6) is 0 Å². The van der Waals surface area contributed by atoms with Crippen LogP contribution >= 0.6 is 0 Å². The third-order valence-electron chi connectivity index (χ3n) is 6.63. The van der Waals surface area contributed by atoms with Gasteiger partial charge in [0.1, 0.15) is 5.82 Å². The highest BCUT2D eigenvalue weighted by atomic mass is 32.2. The lowest BCUT2D eigenvalue weighted by Crippen LogP contribution is -2.51. The lowest BCUT2D eigenvalue weighted by atomic mass is 9.96. The van der Waals surface area contributed by atoms with Gasteiger partial charge in [-0.2, -0.15) is 9.40 Å². The molecule has 9 nitrogen and oxygen atoms in total. The topological polar surface area (TPSA) is 89.2 Å². The second kappa shape index (κ2) is 9.38. The van der Waals surface area contributed by atoms with E-state index in [2.05, 4.69) is 46.3 Å². The first-order valence-electron chi connectivity index (χ1n) is 12.0. The maximum Gasteiger partial charge on any atom is 0.264 e. The van der Waals surface area contributed by atoms with Crippen molar-refractivity contribution in [1.82, 2.24) is 34.0 Å². The summed E-state index contributed by atoms with van der Waals surface area (Å²) in [7, 11) is -2.11. The third kappa shape index (κ3) is 4.54. The van der Waals surface area contributed by atoms with Gasteiger partial charge < -0.3 is 0 Å². The molecular weight excluding hydrogens is 481 g/mol. The zero-order valence-corrected chi connectivity index (χ0v) is 21.7. The first-order valence-corrected chi connectivity index (χ1v) is 13.4. The van der Waals surface area contributed by atoms with Crippen molar-refractivity contribution >= 4 is 20.9 Å². The minimum atomic E-state index is -3.76. The molecule has 2 aromatic carbocycles. The Hall–Kier alpha value is -3.15. The zero-order chi connectivity index (χ0) is 25.6. The standard InChI is InChI=1S/C25H30FN7O2S/c1-17(2)14-31-9-10-32(36(34,35)25-16-30(4)29-28-25)15-24(31)22-12-19-13-27-33(23(19)11-18(22)3)21-7-5-20(26)6-8-21/h5-8,11-13,16-17,24H,9-10,14-15H2,1-4H3/t24-/m0/s1. The Bertz CT molecular complexity index is 1490. The molecule has 0 saturated carbocycles. The summed E-state index contributed by atoms with van der Waals surface area (Å²) in [5.74, 6) is 0.137. The summed E-state index contributed by atoms with van der Waals surface area (Å²) in [5.41, 5.74) is 3.81. The van der Waals surface area contributed by atoms with Crippen LogP contribution in [0.2, 0.25) is 0 Å². The SMILES string of the molecule is Cc1cc2c(cnn2-c2ccc(F)cc2)cc1[C@@H]1CN(S(=O)(=O)c2cn(C)nn2)CCN1CC(C)C. The first-order chi connectivity index (χ1) is 17.1. The van der Waals surface area contributed by atoms with Crippen LogP contribution in [0.3, 0.4) is 0 Å². The highest BCUT2D eigenvalue weighted by Crippen LogP contribution is 2.34. The molecule has 0 N–H and O–H groups in total. The van der Waals surface area contributed by atoms with Crippen LogP contribution < -0.4 is 0 Å². The number of hydrogen-bond acceptors (Lipinski definition) is 6. The van der Waals surface area contributed by atoms with E-state index in [9.17, 15) is 12.8 Å². The summed E-state index contributed by atoms with van der Waals surface area (Å²) < 4.78 is 44.8. The second-order valence-electron chi connectivity index (χ2n) is 9.80. The normalized spacial score (nSPS) is 17.9. The number of rotatable bonds is 6. The summed E-state index contributed by atoms with van der Waals surface area (Å²) in [6, 6.07) is 10.3. The van der Waals surface area contributed by atoms with Gasteiger partial charge in [-0.05, 0) is 60.4 Å². The van der Waals surface area contributed by atoms with Gasteiger partial charge in [-0.3, -0.25) is 9.58 Å². The number of sulfonamides is 1. The highest BCUT2D eigenvalue weighted by molar-refractivity contribution is 7.89. The van der Waals surface area contributed by atoms with E-state index >= 15 is 0 Å². The maximum atomic E-state index is 13.4. The third-order valence-corrected chi connectivity index (χ3v) is 8.35. The highest BCUT2D eigenvalue weighted by Gasteiger charge is 2.37. The fourth-order valence-electron chi connectivity index (χ4n) is 4.92. The molecular formula is C25H30FN7O2S. The van der Waals surface area contributed by atoms with Crippen molar-refractivity contribution in [3.05, 3.63) is 65.7 Å². The largest absolute Gasteiger partial charge is 0.293 e. The minimum Gasteiger partial charge on any atom is -0.293 e. The van der Waals surface area contributed by atoms with E-state index < -0.39 is 10.0 Å². The molecule has 5 rings (SSSR count). The Kier molecular flexibility index (Phi) is 6.39. The molecule has 2 aromatic heterocycles. The van der Waals surface area contributed by atoms with Crippen molar-refractivity contribution in [3.63, 3.8) is 0 Å². The number of benzene rings is 2. The number of hydrogen-bond donors (Lipinski definition) is 0. The number of aryl methyl sites for hydroxylation is 2. The maximum absolute atomic E-state index is 13.4. The summed E-state index contributed by atoms with van der Waals surface area (Å²) in [5, 5.41) is 13.1. The quantitative estimate of drug-likeness (QED) is 0.395. The van der Waals surface area contributed by atoms with Gasteiger partial charge in [0.2, 0.25) is 5.03 Å². The minimum absolute atomic E-state index is 0.0335. The molecule has 0 radical (unpaired) electrons. The fourth-order valence-corrected chi connectivity index (χ4v) is 6.27. The molecule has 0 amide bonds. The van der Waals surface area contributed by atoms with Crippen molar-refractivity contribution in [3.8, 4) is 5.69 Å². The number of nitrogens with zero attached hydrogens (tertiary/aromatic N) is 7. The molecule has 4 aromatic rings. The average molecular weight is 512 g/mol. The summed E-state index contributed by atoms with van der Waals surface area (Å²) >= 11 is 0. The summed E-state index contributed by atoms with van der Waals surface area (Å²) in [6.07, 6.45) is 3.23. The Morgan fingerprint density at radius 3 is 2.56 bits per heavy atom. The van der Waals surface area contributed by atoms with Crippen LogP contribution in [0.1, 0.15) is 31.0 Å². The van der Waals surface area contributed by atoms with Crippen molar-refractivity contribution in [2.45, 2.75) is 31.8 Å². The molecule has 1 saturated heterocycles. The van der Waals surface area contributed by atoms with E-state index in [1.165, 1.54) is 27.3 Å². The monoisotopic (exact) mass is 511 g/mol. The van der Waals surface area contributed by atoms with E-state index in [1.807, 2.05) is 6.92 Å². The van der Waals surface area contributed by atoms with Crippen LogP contribution in [0.15, 0.2) is 53.8 Å². The summed E-state index contributed by atoms with van der Waals surface area (Å²) in [6.45, 7) is 8.58. The van der Waals surface area contributed by atoms with Crippen molar-refractivity contribution in [2.75, 3.05) is 26.2 Å². The molecule has 1 fully saturated rings. The van der Waals surface area contributed by atoms with Crippen molar-refractivity contribution in [1.29, 1.82) is 0 Å². The number of fused-ring (bicyclic) bond motifs is 1. The van der Waals surface area contributed by atoms with Crippen LogP contribution in [0, 0.1) is 18.7 Å². The Labute approximate surface area is 210 Å². The Morgan fingerprint density at radius 2 is 1.89 bits per heavy atom.